The van der Waals surface area contributed by atoms with E-state index in [1.54, 1.807) is 7.05 Å². The molecule has 1 aromatic carbocycles. The largest absolute Gasteiger partial charge is 0.459 e. The van der Waals surface area contributed by atoms with Gasteiger partial charge in [0.1, 0.15) is 6.61 Å². The maximum absolute atomic E-state index is 13.2. The zero-order valence-electron chi connectivity index (χ0n) is 11.0. The number of anilines is 1. The van der Waals surface area contributed by atoms with Crippen LogP contribution in [0, 0.1) is 5.82 Å². The van der Waals surface area contributed by atoms with Gasteiger partial charge in [-0.05, 0) is 17.5 Å². The van der Waals surface area contributed by atoms with Crippen LogP contribution in [0.15, 0.2) is 30.5 Å². The summed E-state index contributed by atoms with van der Waals surface area (Å²) in [6, 6.07) is 8.28. The van der Waals surface area contributed by atoms with Crippen LogP contribution in [0.25, 0.3) is 0 Å². The predicted molar refractivity (Wildman–Crippen MR) is 71.7 cm³/mol. The summed E-state index contributed by atoms with van der Waals surface area (Å²) in [4.78, 5) is 7.71. The maximum atomic E-state index is 13.2. The zero-order valence-corrected chi connectivity index (χ0v) is 11.0. The van der Waals surface area contributed by atoms with Crippen molar-refractivity contribution in [2.75, 3.05) is 12.4 Å². The Kier molecular flexibility index (Phi) is 4.28. The minimum Gasteiger partial charge on any atom is -0.459 e. The Morgan fingerprint density at radius 3 is 2.53 bits per heavy atom. The third kappa shape index (κ3) is 3.40. The van der Waals surface area contributed by atoms with Crippen LogP contribution in [0.5, 0.6) is 6.01 Å². The van der Waals surface area contributed by atoms with Crippen molar-refractivity contribution in [2.24, 2.45) is 0 Å². The van der Waals surface area contributed by atoms with Gasteiger partial charge in [-0.2, -0.15) is 4.98 Å². The average Bonchev–Trinajstić information content (AvgIpc) is 2.47. The Labute approximate surface area is 111 Å². The smallest absolute Gasteiger partial charge is 0.318 e. The molecular weight excluding hydrogens is 245 g/mol. The van der Waals surface area contributed by atoms with Gasteiger partial charge in [0.15, 0.2) is 11.6 Å². The van der Waals surface area contributed by atoms with Crippen molar-refractivity contribution in [2.45, 2.75) is 20.0 Å². The molecule has 1 heterocycles. The van der Waals surface area contributed by atoms with Gasteiger partial charge in [0, 0.05) is 7.05 Å². The van der Waals surface area contributed by atoms with Crippen LogP contribution in [-0.2, 0) is 13.0 Å². The van der Waals surface area contributed by atoms with Gasteiger partial charge in [-0.25, -0.2) is 9.37 Å². The Bertz CT molecular complexity index is 543. The van der Waals surface area contributed by atoms with Crippen molar-refractivity contribution in [3.05, 3.63) is 47.4 Å². The van der Waals surface area contributed by atoms with E-state index in [4.69, 9.17) is 4.74 Å². The molecule has 5 heteroatoms. The number of hydrogen-bond donors (Lipinski definition) is 1. The molecule has 0 amide bonds. The number of aromatic nitrogens is 2. The Morgan fingerprint density at radius 1 is 1.21 bits per heavy atom. The van der Waals surface area contributed by atoms with E-state index in [1.807, 2.05) is 12.1 Å². The average molecular weight is 261 g/mol. The van der Waals surface area contributed by atoms with E-state index in [0.717, 1.165) is 18.2 Å². The van der Waals surface area contributed by atoms with Gasteiger partial charge < -0.3 is 10.1 Å². The molecular formula is C14H16FN3O. The fraction of sp³-hybridized carbons (Fsp3) is 0.286. The Balaban J connectivity index is 2.01. The van der Waals surface area contributed by atoms with E-state index in [1.165, 1.54) is 5.56 Å². The molecule has 19 heavy (non-hydrogen) atoms. The maximum Gasteiger partial charge on any atom is 0.318 e. The number of nitrogens with zero attached hydrogens (tertiary/aromatic N) is 2. The van der Waals surface area contributed by atoms with Crippen LogP contribution < -0.4 is 10.1 Å². The van der Waals surface area contributed by atoms with E-state index < -0.39 is 5.82 Å². The normalized spacial score (nSPS) is 10.3. The molecule has 0 aliphatic heterocycles. The molecule has 1 N–H and O–H groups in total. The van der Waals surface area contributed by atoms with Gasteiger partial charge in [-0.3, -0.25) is 0 Å². The minimum atomic E-state index is -0.498. The second-order valence-electron chi connectivity index (χ2n) is 4.06. The monoisotopic (exact) mass is 261 g/mol. The van der Waals surface area contributed by atoms with Crippen LogP contribution in [0.2, 0.25) is 0 Å². The highest BCUT2D eigenvalue weighted by Gasteiger charge is 2.06. The number of ether oxygens (including phenoxy) is 1. The van der Waals surface area contributed by atoms with Crippen molar-refractivity contribution in [1.82, 2.24) is 9.97 Å². The topological polar surface area (TPSA) is 47.0 Å². The highest BCUT2D eigenvalue weighted by Crippen LogP contribution is 2.14. The first-order valence-electron chi connectivity index (χ1n) is 6.14. The second-order valence-corrected chi connectivity index (χ2v) is 4.06. The number of aryl methyl sites for hydroxylation is 1. The third-order valence-corrected chi connectivity index (χ3v) is 2.76. The minimum absolute atomic E-state index is 0.131. The van der Waals surface area contributed by atoms with Crippen LogP contribution in [0.4, 0.5) is 10.2 Å². The SMILES string of the molecule is CCc1ccc(COc2ncc(F)c(NC)n2)cc1. The van der Waals surface area contributed by atoms with Gasteiger partial charge >= 0.3 is 6.01 Å². The summed E-state index contributed by atoms with van der Waals surface area (Å²) in [5.41, 5.74) is 2.30. The summed E-state index contributed by atoms with van der Waals surface area (Å²) in [5, 5.41) is 2.64. The highest BCUT2D eigenvalue weighted by atomic mass is 19.1. The number of rotatable bonds is 5. The molecule has 0 spiro atoms. The molecule has 0 radical (unpaired) electrons. The molecule has 0 unspecified atom stereocenters. The number of nitrogens with one attached hydrogen (secondary N) is 1. The van der Waals surface area contributed by atoms with E-state index in [0.29, 0.717) is 6.61 Å². The zero-order chi connectivity index (χ0) is 13.7. The van der Waals surface area contributed by atoms with Crippen molar-refractivity contribution in [3.8, 4) is 6.01 Å². The van der Waals surface area contributed by atoms with E-state index in [2.05, 4.69) is 34.3 Å². The van der Waals surface area contributed by atoms with Crippen LogP contribution in [0.1, 0.15) is 18.1 Å². The van der Waals surface area contributed by atoms with Gasteiger partial charge in [0.25, 0.3) is 0 Å². The fourth-order valence-electron chi connectivity index (χ4n) is 1.61. The van der Waals surface area contributed by atoms with Gasteiger partial charge in [-0.1, -0.05) is 31.2 Å². The van der Waals surface area contributed by atoms with Crippen molar-refractivity contribution in [3.63, 3.8) is 0 Å². The molecule has 2 aromatic rings. The van der Waals surface area contributed by atoms with Crippen molar-refractivity contribution >= 4 is 5.82 Å². The van der Waals surface area contributed by atoms with Crippen LogP contribution in [0.3, 0.4) is 0 Å². The second kappa shape index (κ2) is 6.13. The molecule has 2 rings (SSSR count). The molecule has 0 atom stereocenters. The summed E-state index contributed by atoms with van der Waals surface area (Å²) < 4.78 is 18.6. The summed E-state index contributed by atoms with van der Waals surface area (Å²) >= 11 is 0. The fourth-order valence-corrected chi connectivity index (χ4v) is 1.61. The summed E-state index contributed by atoms with van der Waals surface area (Å²) in [5.74, 6) is -0.367. The van der Waals surface area contributed by atoms with Gasteiger partial charge in [0.05, 0.1) is 6.20 Å². The lowest BCUT2D eigenvalue weighted by Crippen LogP contribution is -2.03. The van der Waals surface area contributed by atoms with Crippen molar-refractivity contribution in [1.29, 1.82) is 0 Å². The predicted octanol–water partition coefficient (Wildman–Crippen LogP) is 2.80. The first-order chi connectivity index (χ1) is 9.22. The first-order valence-corrected chi connectivity index (χ1v) is 6.14. The highest BCUT2D eigenvalue weighted by molar-refractivity contribution is 5.34. The summed E-state index contributed by atoms with van der Waals surface area (Å²) in [7, 11) is 1.60. The lowest BCUT2D eigenvalue weighted by atomic mass is 10.1. The third-order valence-electron chi connectivity index (χ3n) is 2.76. The Hall–Kier alpha value is -2.17. The summed E-state index contributed by atoms with van der Waals surface area (Å²) in [6.45, 7) is 2.47. The molecule has 100 valence electrons. The Morgan fingerprint density at radius 2 is 1.89 bits per heavy atom. The molecule has 0 aliphatic rings. The van der Waals surface area contributed by atoms with Gasteiger partial charge in [0.2, 0.25) is 0 Å². The van der Waals surface area contributed by atoms with Crippen molar-refractivity contribution < 1.29 is 9.13 Å². The quantitative estimate of drug-likeness (QED) is 0.899. The summed E-state index contributed by atoms with van der Waals surface area (Å²) in [6.07, 6.45) is 2.10. The molecule has 4 nitrogen and oxygen atoms in total. The number of hydrogen-bond acceptors (Lipinski definition) is 4. The standard InChI is InChI=1S/C14H16FN3O/c1-3-10-4-6-11(7-5-10)9-19-14-17-8-12(15)13(16-2)18-14/h4-8H,3,9H2,1-2H3,(H,16,17,18). The molecule has 0 fully saturated rings. The van der Waals surface area contributed by atoms with Gasteiger partial charge in [-0.15, -0.1) is 0 Å². The molecule has 0 aliphatic carbocycles. The molecule has 0 bridgehead atoms. The molecule has 0 saturated carbocycles. The van der Waals surface area contributed by atoms with E-state index in [-0.39, 0.29) is 11.8 Å². The van der Waals surface area contributed by atoms with Crippen LogP contribution in [-0.4, -0.2) is 17.0 Å². The molecule has 1 aromatic heterocycles. The van der Waals surface area contributed by atoms with E-state index in [9.17, 15) is 4.39 Å². The van der Waals surface area contributed by atoms with Crippen LogP contribution >= 0.6 is 0 Å². The number of halogens is 1. The molecule has 0 saturated heterocycles. The number of benzene rings is 1. The lowest BCUT2D eigenvalue weighted by Gasteiger charge is -2.07. The first kappa shape index (κ1) is 13.3. The van der Waals surface area contributed by atoms with E-state index >= 15 is 0 Å². The lowest BCUT2D eigenvalue weighted by molar-refractivity contribution is 0.280.